The van der Waals surface area contributed by atoms with Gasteiger partial charge in [0.2, 0.25) is 0 Å². The molecule has 2 aromatic rings. The number of pyridine rings is 1. The Kier molecular flexibility index (Phi) is 4.10. The maximum atomic E-state index is 6.10. The zero-order valence-corrected chi connectivity index (χ0v) is 12.6. The molecule has 0 spiro atoms. The summed E-state index contributed by atoms with van der Waals surface area (Å²) in [7, 11) is 0. The van der Waals surface area contributed by atoms with E-state index in [1.54, 1.807) is 6.33 Å². The Hall–Kier alpha value is -1.29. The highest BCUT2D eigenvalue weighted by molar-refractivity contribution is 6.18. The number of alkyl halides is 1. The maximum Gasteiger partial charge on any atom is 0.157 e. The average molecular weight is 293 g/mol. The highest BCUT2D eigenvalue weighted by Crippen LogP contribution is 2.31. The van der Waals surface area contributed by atoms with Gasteiger partial charge in [0.05, 0.1) is 0 Å². The number of hydrogen-bond acceptors (Lipinski definition) is 3. The smallest absolute Gasteiger partial charge is 0.157 e. The van der Waals surface area contributed by atoms with Gasteiger partial charge >= 0.3 is 0 Å². The SMILES string of the molecule is Cc1cc(NCC2CCCCC2CCl)n2ncnc2c1. The number of anilines is 1. The van der Waals surface area contributed by atoms with E-state index in [1.165, 1.54) is 31.2 Å². The van der Waals surface area contributed by atoms with Gasteiger partial charge < -0.3 is 5.32 Å². The molecule has 1 N–H and O–H groups in total. The van der Waals surface area contributed by atoms with Crippen LogP contribution in [0.25, 0.3) is 5.65 Å². The van der Waals surface area contributed by atoms with Crippen LogP contribution < -0.4 is 5.32 Å². The molecule has 0 aliphatic heterocycles. The molecule has 1 aliphatic carbocycles. The van der Waals surface area contributed by atoms with Gasteiger partial charge in [-0.2, -0.15) is 9.61 Å². The van der Waals surface area contributed by atoms with Crippen LogP contribution in [-0.4, -0.2) is 27.0 Å². The van der Waals surface area contributed by atoms with Crippen LogP contribution in [0.4, 0.5) is 5.82 Å². The van der Waals surface area contributed by atoms with Crippen LogP contribution in [0.1, 0.15) is 31.2 Å². The van der Waals surface area contributed by atoms with Crippen LogP contribution >= 0.6 is 11.6 Å². The lowest BCUT2D eigenvalue weighted by molar-refractivity contribution is 0.272. The predicted octanol–water partition coefficient (Wildman–Crippen LogP) is 3.49. The standard InChI is InChI=1S/C15H21ClN4/c1-11-6-14(20-15(7-11)18-10-19-20)17-9-13-5-3-2-4-12(13)8-16/h6-7,10,12-13,17H,2-5,8-9H2,1H3. The number of aryl methyl sites for hydroxylation is 1. The zero-order valence-electron chi connectivity index (χ0n) is 11.8. The summed E-state index contributed by atoms with van der Waals surface area (Å²) in [5.74, 6) is 3.12. The van der Waals surface area contributed by atoms with Crippen LogP contribution in [0.15, 0.2) is 18.5 Å². The van der Waals surface area contributed by atoms with Crippen molar-refractivity contribution in [3.63, 3.8) is 0 Å². The lowest BCUT2D eigenvalue weighted by Crippen LogP contribution is -2.28. The predicted molar refractivity (Wildman–Crippen MR) is 82.4 cm³/mol. The van der Waals surface area contributed by atoms with Crippen molar-refractivity contribution in [3.05, 3.63) is 24.0 Å². The number of nitrogens with zero attached hydrogens (tertiary/aromatic N) is 3. The van der Waals surface area contributed by atoms with Crippen LogP contribution in [0.3, 0.4) is 0 Å². The molecular weight excluding hydrogens is 272 g/mol. The van der Waals surface area contributed by atoms with E-state index < -0.39 is 0 Å². The number of aromatic nitrogens is 3. The highest BCUT2D eigenvalue weighted by Gasteiger charge is 2.24. The van der Waals surface area contributed by atoms with Gasteiger partial charge in [-0.15, -0.1) is 11.6 Å². The minimum atomic E-state index is 0.647. The first kappa shape index (κ1) is 13.7. The van der Waals surface area contributed by atoms with Crippen molar-refractivity contribution < 1.29 is 0 Å². The summed E-state index contributed by atoms with van der Waals surface area (Å²) in [6.45, 7) is 3.05. The molecule has 1 aliphatic rings. The molecule has 2 aromatic heterocycles. The molecule has 2 unspecified atom stereocenters. The van der Waals surface area contributed by atoms with Crippen molar-refractivity contribution in [2.24, 2.45) is 11.8 Å². The summed E-state index contributed by atoms with van der Waals surface area (Å²) in [6, 6.07) is 4.17. The Bertz CT molecular complexity index is 580. The van der Waals surface area contributed by atoms with Crippen LogP contribution in [-0.2, 0) is 0 Å². The first-order valence-electron chi connectivity index (χ1n) is 7.38. The number of rotatable bonds is 4. The van der Waals surface area contributed by atoms with E-state index in [1.807, 2.05) is 10.6 Å². The van der Waals surface area contributed by atoms with Gasteiger partial charge in [-0.05, 0) is 49.3 Å². The fraction of sp³-hybridized carbons (Fsp3) is 0.600. The minimum Gasteiger partial charge on any atom is -0.370 e. The molecule has 1 fully saturated rings. The normalized spacial score (nSPS) is 23.1. The molecule has 0 amide bonds. The molecule has 0 radical (unpaired) electrons. The first-order valence-corrected chi connectivity index (χ1v) is 7.91. The number of halogens is 1. The van der Waals surface area contributed by atoms with Crippen LogP contribution in [0.2, 0.25) is 0 Å². The molecule has 2 atom stereocenters. The lowest BCUT2D eigenvalue weighted by Gasteiger charge is -2.30. The van der Waals surface area contributed by atoms with Crippen molar-refractivity contribution in [3.8, 4) is 0 Å². The van der Waals surface area contributed by atoms with Crippen molar-refractivity contribution in [1.29, 1.82) is 0 Å². The monoisotopic (exact) mass is 292 g/mol. The molecular formula is C15H21ClN4. The van der Waals surface area contributed by atoms with Crippen molar-refractivity contribution >= 4 is 23.1 Å². The molecule has 20 heavy (non-hydrogen) atoms. The summed E-state index contributed by atoms with van der Waals surface area (Å²) < 4.78 is 1.87. The Morgan fingerprint density at radius 2 is 2.10 bits per heavy atom. The van der Waals surface area contributed by atoms with E-state index in [0.717, 1.165) is 23.9 Å². The fourth-order valence-electron chi connectivity index (χ4n) is 3.17. The quantitative estimate of drug-likeness (QED) is 0.877. The topological polar surface area (TPSA) is 42.2 Å². The van der Waals surface area contributed by atoms with Gasteiger partial charge in [0, 0.05) is 12.4 Å². The van der Waals surface area contributed by atoms with Gasteiger partial charge in [0.25, 0.3) is 0 Å². The van der Waals surface area contributed by atoms with E-state index >= 15 is 0 Å². The number of fused-ring (bicyclic) bond motifs is 1. The van der Waals surface area contributed by atoms with Gasteiger partial charge in [0.1, 0.15) is 12.1 Å². The van der Waals surface area contributed by atoms with Crippen LogP contribution in [0, 0.1) is 18.8 Å². The van der Waals surface area contributed by atoms with Gasteiger partial charge in [-0.1, -0.05) is 12.8 Å². The van der Waals surface area contributed by atoms with E-state index in [-0.39, 0.29) is 0 Å². The van der Waals surface area contributed by atoms with Crippen molar-refractivity contribution in [1.82, 2.24) is 14.6 Å². The third-order valence-corrected chi connectivity index (χ3v) is 4.73. The van der Waals surface area contributed by atoms with Crippen molar-refractivity contribution in [2.75, 3.05) is 17.7 Å². The van der Waals surface area contributed by atoms with E-state index in [0.29, 0.717) is 11.8 Å². The molecule has 0 saturated heterocycles. The van der Waals surface area contributed by atoms with E-state index in [9.17, 15) is 0 Å². The minimum absolute atomic E-state index is 0.647. The third kappa shape index (κ3) is 2.75. The molecule has 5 heteroatoms. The lowest BCUT2D eigenvalue weighted by atomic mass is 9.80. The summed E-state index contributed by atoms with van der Waals surface area (Å²) in [4.78, 5) is 4.26. The average Bonchev–Trinajstić information content (AvgIpc) is 2.93. The summed E-state index contributed by atoms with van der Waals surface area (Å²) in [6.07, 6.45) is 6.79. The molecule has 4 nitrogen and oxygen atoms in total. The van der Waals surface area contributed by atoms with Crippen LogP contribution in [0.5, 0.6) is 0 Å². The van der Waals surface area contributed by atoms with E-state index in [2.05, 4.69) is 28.4 Å². The molecule has 3 rings (SSSR count). The second-order valence-electron chi connectivity index (χ2n) is 5.79. The molecule has 0 bridgehead atoms. The molecule has 1 saturated carbocycles. The Morgan fingerprint density at radius 3 is 2.90 bits per heavy atom. The zero-order chi connectivity index (χ0) is 13.9. The summed E-state index contributed by atoms with van der Waals surface area (Å²) in [5.41, 5.74) is 2.09. The third-order valence-electron chi connectivity index (χ3n) is 4.33. The highest BCUT2D eigenvalue weighted by atomic mass is 35.5. The van der Waals surface area contributed by atoms with Gasteiger partial charge in [0.15, 0.2) is 5.65 Å². The Labute approximate surface area is 124 Å². The maximum absolute atomic E-state index is 6.10. The van der Waals surface area contributed by atoms with Gasteiger partial charge in [-0.3, -0.25) is 0 Å². The fourth-order valence-corrected chi connectivity index (χ4v) is 3.58. The first-order chi connectivity index (χ1) is 9.78. The molecule has 2 heterocycles. The Balaban J connectivity index is 1.74. The van der Waals surface area contributed by atoms with Crippen molar-refractivity contribution in [2.45, 2.75) is 32.6 Å². The summed E-state index contributed by atoms with van der Waals surface area (Å²) >= 11 is 6.10. The molecule has 0 aromatic carbocycles. The summed E-state index contributed by atoms with van der Waals surface area (Å²) in [5, 5.41) is 7.83. The second kappa shape index (κ2) is 6.00. The number of nitrogens with one attached hydrogen (secondary N) is 1. The second-order valence-corrected chi connectivity index (χ2v) is 6.10. The van der Waals surface area contributed by atoms with E-state index in [4.69, 9.17) is 11.6 Å². The largest absolute Gasteiger partial charge is 0.370 e. The number of hydrogen-bond donors (Lipinski definition) is 1. The Morgan fingerprint density at radius 1 is 1.30 bits per heavy atom. The van der Waals surface area contributed by atoms with Gasteiger partial charge in [-0.25, -0.2) is 4.98 Å². The molecule has 108 valence electrons.